The summed E-state index contributed by atoms with van der Waals surface area (Å²) in [6, 6.07) is 4.73. The number of hydrogen-bond acceptors (Lipinski definition) is 5. The van der Waals surface area contributed by atoms with Crippen molar-refractivity contribution in [3.8, 4) is 0 Å². The predicted octanol–water partition coefficient (Wildman–Crippen LogP) is 2.20. The van der Waals surface area contributed by atoms with E-state index in [2.05, 4.69) is 5.32 Å². The van der Waals surface area contributed by atoms with E-state index < -0.39 is 4.92 Å². The standard InChI is InChI=1S/C16H22N4O3.ClH/c17-14-4-3-12(9-15(14)20(22)23)16(21)19-7-5-13(6-8-19)18-10-11-1-2-11;/h3-4,9,11,13,18H,1-2,5-8,10,17H2;1H. The number of halogens is 1. The van der Waals surface area contributed by atoms with Gasteiger partial charge in [0, 0.05) is 30.8 Å². The number of anilines is 1. The topological polar surface area (TPSA) is 102 Å². The number of nitro groups is 1. The van der Waals surface area contributed by atoms with Crippen LogP contribution in [0.25, 0.3) is 0 Å². The van der Waals surface area contributed by atoms with Crippen LogP contribution in [0.2, 0.25) is 0 Å². The molecule has 0 unspecified atom stereocenters. The summed E-state index contributed by atoms with van der Waals surface area (Å²) in [6.45, 7) is 2.45. The summed E-state index contributed by atoms with van der Waals surface area (Å²) < 4.78 is 0. The second-order valence-corrected chi connectivity index (χ2v) is 6.45. The molecule has 7 nitrogen and oxygen atoms in total. The maximum Gasteiger partial charge on any atom is 0.292 e. The van der Waals surface area contributed by atoms with Crippen molar-refractivity contribution in [1.29, 1.82) is 0 Å². The third-order valence-electron chi connectivity index (χ3n) is 4.65. The van der Waals surface area contributed by atoms with Crippen molar-refractivity contribution in [3.63, 3.8) is 0 Å². The fourth-order valence-corrected chi connectivity index (χ4v) is 2.96. The van der Waals surface area contributed by atoms with Gasteiger partial charge in [-0.15, -0.1) is 12.4 Å². The molecule has 2 fully saturated rings. The summed E-state index contributed by atoms with van der Waals surface area (Å²) in [5.74, 6) is 0.693. The normalized spacial score (nSPS) is 18.1. The molecule has 3 rings (SSSR count). The predicted molar refractivity (Wildman–Crippen MR) is 94.4 cm³/mol. The summed E-state index contributed by atoms with van der Waals surface area (Å²) in [5.41, 5.74) is 5.77. The van der Waals surface area contributed by atoms with Crippen molar-refractivity contribution < 1.29 is 9.72 Å². The Labute approximate surface area is 147 Å². The first-order valence-corrected chi connectivity index (χ1v) is 8.11. The molecule has 1 saturated heterocycles. The van der Waals surface area contributed by atoms with E-state index in [9.17, 15) is 14.9 Å². The smallest absolute Gasteiger partial charge is 0.292 e. The molecular weight excluding hydrogens is 332 g/mol. The lowest BCUT2D eigenvalue weighted by molar-refractivity contribution is -0.383. The van der Waals surface area contributed by atoms with E-state index in [4.69, 9.17) is 5.73 Å². The van der Waals surface area contributed by atoms with E-state index in [1.54, 1.807) is 11.0 Å². The molecule has 0 radical (unpaired) electrons. The van der Waals surface area contributed by atoms with E-state index in [1.807, 2.05) is 0 Å². The Kier molecular flexibility index (Phi) is 6.01. The van der Waals surface area contributed by atoms with Gasteiger partial charge >= 0.3 is 0 Å². The monoisotopic (exact) mass is 354 g/mol. The van der Waals surface area contributed by atoms with Gasteiger partial charge in [0.05, 0.1) is 4.92 Å². The van der Waals surface area contributed by atoms with Gasteiger partial charge < -0.3 is 16.0 Å². The lowest BCUT2D eigenvalue weighted by Crippen LogP contribution is -2.45. The Morgan fingerprint density at radius 3 is 2.54 bits per heavy atom. The Hall–Kier alpha value is -1.86. The van der Waals surface area contributed by atoms with Gasteiger partial charge in [-0.1, -0.05) is 0 Å². The summed E-state index contributed by atoms with van der Waals surface area (Å²) in [7, 11) is 0. The number of piperidine rings is 1. The Bertz CT molecular complexity index is 613. The second-order valence-electron chi connectivity index (χ2n) is 6.45. The van der Waals surface area contributed by atoms with Gasteiger partial charge in [-0.3, -0.25) is 14.9 Å². The molecule has 2 aliphatic rings. The lowest BCUT2D eigenvalue weighted by Gasteiger charge is -2.32. The molecule has 1 aromatic rings. The van der Waals surface area contributed by atoms with Gasteiger partial charge in [0.15, 0.2) is 0 Å². The number of nitrogen functional groups attached to an aromatic ring is 1. The van der Waals surface area contributed by atoms with E-state index in [0.29, 0.717) is 24.7 Å². The number of amides is 1. The van der Waals surface area contributed by atoms with Gasteiger partial charge in [-0.2, -0.15) is 0 Å². The summed E-state index contributed by atoms with van der Waals surface area (Å²) in [5, 5.41) is 14.5. The highest BCUT2D eigenvalue weighted by molar-refractivity contribution is 5.95. The maximum absolute atomic E-state index is 12.5. The Morgan fingerprint density at radius 2 is 1.96 bits per heavy atom. The summed E-state index contributed by atoms with van der Waals surface area (Å²) >= 11 is 0. The van der Waals surface area contributed by atoms with Crippen molar-refractivity contribution in [2.45, 2.75) is 31.7 Å². The number of benzene rings is 1. The highest BCUT2D eigenvalue weighted by atomic mass is 35.5. The molecule has 1 aliphatic carbocycles. The van der Waals surface area contributed by atoms with Crippen LogP contribution >= 0.6 is 12.4 Å². The molecule has 24 heavy (non-hydrogen) atoms. The molecule has 3 N–H and O–H groups in total. The number of nitrogens with one attached hydrogen (secondary N) is 1. The van der Waals surface area contributed by atoms with Crippen molar-refractivity contribution in [3.05, 3.63) is 33.9 Å². The third-order valence-corrected chi connectivity index (χ3v) is 4.65. The van der Waals surface area contributed by atoms with Crippen LogP contribution in [0.15, 0.2) is 18.2 Å². The molecule has 0 bridgehead atoms. The molecule has 132 valence electrons. The zero-order valence-electron chi connectivity index (χ0n) is 13.4. The van der Waals surface area contributed by atoms with Gasteiger partial charge in [0.25, 0.3) is 11.6 Å². The minimum atomic E-state index is -0.555. The van der Waals surface area contributed by atoms with Crippen LogP contribution in [0, 0.1) is 16.0 Å². The lowest BCUT2D eigenvalue weighted by atomic mass is 10.0. The molecule has 1 amide bonds. The van der Waals surface area contributed by atoms with Crippen LogP contribution < -0.4 is 11.1 Å². The van der Waals surface area contributed by atoms with Crippen LogP contribution in [0.5, 0.6) is 0 Å². The van der Waals surface area contributed by atoms with Crippen molar-refractivity contribution >= 4 is 29.7 Å². The second kappa shape index (κ2) is 7.81. The molecule has 0 spiro atoms. The average Bonchev–Trinajstić information content (AvgIpc) is 3.37. The number of carbonyl (C=O) groups excluding carboxylic acids is 1. The number of nitrogens with zero attached hydrogens (tertiary/aromatic N) is 2. The first kappa shape index (κ1) is 18.5. The number of carbonyl (C=O) groups is 1. The number of hydrogen-bond donors (Lipinski definition) is 2. The fraction of sp³-hybridized carbons (Fsp3) is 0.562. The molecule has 1 aliphatic heterocycles. The molecule has 1 saturated carbocycles. The van der Waals surface area contributed by atoms with Crippen molar-refractivity contribution in [2.75, 3.05) is 25.4 Å². The highest BCUT2D eigenvalue weighted by Gasteiger charge is 2.27. The first-order chi connectivity index (χ1) is 11.0. The maximum atomic E-state index is 12.5. The number of nitro benzene ring substituents is 1. The van der Waals surface area contributed by atoms with E-state index in [0.717, 1.165) is 25.3 Å². The minimum Gasteiger partial charge on any atom is -0.393 e. The summed E-state index contributed by atoms with van der Waals surface area (Å²) in [4.78, 5) is 24.7. The largest absolute Gasteiger partial charge is 0.393 e. The Morgan fingerprint density at radius 1 is 1.29 bits per heavy atom. The van der Waals surface area contributed by atoms with Crippen molar-refractivity contribution in [2.24, 2.45) is 5.92 Å². The van der Waals surface area contributed by atoms with E-state index >= 15 is 0 Å². The molecular formula is C16H23ClN4O3. The van der Waals surface area contributed by atoms with Gasteiger partial charge in [0.1, 0.15) is 5.69 Å². The van der Waals surface area contributed by atoms with E-state index in [1.165, 1.54) is 25.0 Å². The van der Waals surface area contributed by atoms with Crippen LogP contribution in [0.1, 0.15) is 36.0 Å². The van der Waals surface area contributed by atoms with Gasteiger partial charge in [-0.05, 0) is 50.3 Å². The number of rotatable bonds is 5. The zero-order chi connectivity index (χ0) is 16.4. The summed E-state index contributed by atoms with van der Waals surface area (Å²) in [6.07, 6.45) is 4.52. The van der Waals surface area contributed by atoms with Crippen LogP contribution in [-0.2, 0) is 0 Å². The Balaban J connectivity index is 0.00000208. The molecule has 1 heterocycles. The van der Waals surface area contributed by atoms with Gasteiger partial charge in [0.2, 0.25) is 0 Å². The minimum absolute atomic E-state index is 0. The molecule has 0 aromatic heterocycles. The van der Waals surface area contributed by atoms with Crippen LogP contribution in [0.3, 0.4) is 0 Å². The fourth-order valence-electron chi connectivity index (χ4n) is 2.96. The van der Waals surface area contributed by atoms with Crippen LogP contribution in [0.4, 0.5) is 11.4 Å². The first-order valence-electron chi connectivity index (χ1n) is 8.11. The van der Waals surface area contributed by atoms with Crippen molar-refractivity contribution in [1.82, 2.24) is 10.2 Å². The third kappa shape index (κ3) is 4.36. The quantitative estimate of drug-likeness (QED) is 0.479. The zero-order valence-corrected chi connectivity index (χ0v) is 14.3. The molecule has 8 heteroatoms. The van der Waals surface area contributed by atoms with Crippen LogP contribution in [-0.4, -0.2) is 41.4 Å². The van der Waals surface area contributed by atoms with Gasteiger partial charge in [-0.25, -0.2) is 0 Å². The molecule has 0 atom stereocenters. The highest BCUT2D eigenvalue weighted by Crippen LogP contribution is 2.28. The number of likely N-dealkylation sites (tertiary alicyclic amines) is 1. The molecule has 1 aromatic carbocycles. The number of nitrogens with two attached hydrogens (primary N) is 1. The van der Waals surface area contributed by atoms with E-state index in [-0.39, 0.29) is 29.7 Å². The average molecular weight is 355 g/mol. The SMILES string of the molecule is Cl.Nc1ccc(C(=O)N2CCC(NCC3CC3)CC2)cc1[N+](=O)[O-].